The van der Waals surface area contributed by atoms with Crippen molar-refractivity contribution in [1.29, 1.82) is 0 Å². The highest BCUT2D eigenvalue weighted by Gasteiger charge is 2.15. The minimum atomic E-state index is -0.589. The summed E-state index contributed by atoms with van der Waals surface area (Å²) >= 11 is 6.04. The van der Waals surface area contributed by atoms with Gasteiger partial charge in [0.2, 0.25) is 11.8 Å². The van der Waals surface area contributed by atoms with E-state index in [0.717, 1.165) is 5.56 Å². The topological polar surface area (TPSA) is 70.2 Å². The molecule has 0 radical (unpaired) electrons. The Bertz CT molecular complexity index is 811. The second-order valence-electron chi connectivity index (χ2n) is 5.64. The zero-order chi connectivity index (χ0) is 18.6. The smallest absolute Gasteiger partial charge is 0.246 e. The maximum absolute atomic E-state index is 13.7. The third-order valence-corrected chi connectivity index (χ3v) is 3.99. The largest absolute Gasteiger partial charge is 0.374 e. The highest BCUT2D eigenvalue weighted by molar-refractivity contribution is 6.31. The molecule has 0 aliphatic carbocycles. The lowest BCUT2D eigenvalue weighted by molar-refractivity contribution is -0.116. The van der Waals surface area contributed by atoms with E-state index in [0.29, 0.717) is 16.4 Å². The van der Waals surface area contributed by atoms with Crippen molar-refractivity contribution in [2.45, 2.75) is 26.8 Å². The fourth-order valence-electron chi connectivity index (χ4n) is 2.20. The number of carbonyl (C=O) groups excluding carboxylic acids is 2. The second kappa shape index (κ2) is 7.98. The summed E-state index contributed by atoms with van der Waals surface area (Å²) < 4.78 is 13.7. The zero-order valence-corrected chi connectivity index (χ0v) is 14.9. The van der Waals surface area contributed by atoms with Crippen LogP contribution in [-0.2, 0) is 9.59 Å². The number of hydrogen-bond acceptors (Lipinski definition) is 3. The van der Waals surface area contributed by atoms with E-state index in [1.165, 1.54) is 25.1 Å². The van der Waals surface area contributed by atoms with Crippen molar-refractivity contribution in [3.05, 3.63) is 52.8 Å². The van der Waals surface area contributed by atoms with Gasteiger partial charge in [-0.25, -0.2) is 4.39 Å². The molecule has 0 aliphatic heterocycles. The molecule has 0 saturated heterocycles. The predicted octanol–water partition coefficient (Wildman–Crippen LogP) is 4.19. The third kappa shape index (κ3) is 4.93. The molecule has 1 unspecified atom stereocenters. The quantitative estimate of drug-likeness (QED) is 0.746. The Kier molecular flexibility index (Phi) is 5.98. The number of hydrogen-bond donors (Lipinski definition) is 3. The SMILES string of the molecule is CC(=O)Nc1cc(NC(C)C(=O)Nc2cccc(Cl)c2C)ccc1F. The fourth-order valence-corrected chi connectivity index (χ4v) is 2.37. The van der Waals surface area contributed by atoms with Gasteiger partial charge in [0.15, 0.2) is 0 Å². The summed E-state index contributed by atoms with van der Waals surface area (Å²) in [7, 11) is 0. The lowest BCUT2D eigenvalue weighted by atomic mass is 10.2. The molecule has 0 aromatic heterocycles. The summed E-state index contributed by atoms with van der Waals surface area (Å²) in [6.07, 6.45) is 0. The van der Waals surface area contributed by atoms with Crippen LogP contribution in [0.1, 0.15) is 19.4 Å². The van der Waals surface area contributed by atoms with Crippen molar-refractivity contribution in [1.82, 2.24) is 0 Å². The molecule has 25 heavy (non-hydrogen) atoms. The second-order valence-corrected chi connectivity index (χ2v) is 6.05. The van der Waals surface area contributed by atoms with Crippen LogP contribution in [0.4, 0.5) is 21.5 Å². The van der Waals surface area contributed by atoms with Crippen molar-refractivity contribution in [2.75, 3.05) is 16.0 Å². The van der Waals surface area contributed by atoms with Gasteiger partial charge in [-0.05, 0) is 49.7 Å². The normalized spacial score (nSPS) is 11.6. The van der Waals surface area contributed by atoms with Gasteiger partial charge in [0.1, 0.15) is 11.9 Å². The number of benzene rings is 2. The Morgan fingerprint density at radius 2 is 1.84 bits per heavy atom. The molecule has 5 nitrogen and oxygen atoms in total. The summed E-state index contributed by atoms with van der Waals surface area (Å²) in [5, 5.41) is 8.74. The standard InChI is InChI=1S/C18H19ClFN3O2/c1-10-14(19)5-4-6-16(10)23-18(25)11(2)21-13-7-8-15(20)17(9-13)22-12(3)24/h4-9,11,21H,1-3H3,(H,22,24)(H,23,25). The van der Waals surface area contributed by atoms with Gasteiger partial charge < -0.3 is 16.0 Å². The lowest BCUT2D eigenvalue weighted by Gasteiger charge is -2.17. The van der Waals surface area contributed by atoms with Crippen LogP contribution >= 0.6 is 11.6 Å². The average molecular weight is 364 g/mol. The van der Waals surface area contributed by atoms with Crippen LogP contribution < -0.4 is 16.0 Å². The molecule has 0 saturated carbocycles. The van der Waals surface area contributed by atoms with Crippen molar-refractivity contribution in [3.63, 3.8) is 0 Å². The summed E-state index contributed by atoms with van der Waals surface area (Å²) in [6, 6.07) is 8.83. The van der Waals surface area contributed by atoms with Crippen molar-refractivity contribution >= 4 is 40.5 Å². The van der Waals surface area contributed by atoms with E-state index >= 15 is 0 Å². The van der Waals surface area contributed by atoms with E-state index in [2.05, 4.69) is 16.0 Å². The monoisotopic (exact) mass is 363 g/mol. The Balaban J connectivity index is 2.08. The Morgan fingerprint density at radius 1 is 1.12 bits per heavy atom. The maximum atomic E-state index is 13.7. The molecule has 0 bridgehead atoms. The van der Waals surface area contributed by atoms with Crippen LogP contribution in [0.3, 0.4) is 0 Å². The molecular weight excluding hydrogens is 345 g/mol. The number of rotatable bonds is 5. The van der Waals surface area contributed by atoms with E-state index in [1.807, 2.05) is 6.92 Å². The molecule has 7 heteroatoms. The van der Waals surface area contributed by atoms with Gasteiger partial charge in [0.25, 0.3) is 0 Å². The van der Waals surface area contributed by atoms with E-state index in [9.17, 15) is 14.0 Å². The van der Waals surface area contributed by atoms with E-state index in [-0.39, 0.29) is 17.5 Å². The molecule has 3 N–H and O–H groups in total. The third-order valence-electron chi connectivity index (χ3n) is 3.58. The van der Waals surface area contributed by atoms with Crippen LogP contribution in [0.25, 0.3) is 0 Å². The Morgan fingerprint density at radius 3 is 2.52 bits per heavy atom. The first kappa shape index (κ1) is 18.7. The summed E-state index contributed by atoms with van der Waals surface area (Å²) in [5.74, 6) is -1.19. The van der Waals surface area contributed by atoms with Crippen LogP contribution in [-0.4, -0.2) is 17.9 Å². The van der Waals surface area contributed by atoms with Gasteiger partial charge in [-0.3, -0.25) is 9.59 Å². The molecule has 2 rings (SSSR count). The molecule has 1 atom stereocenters. The maximum Gasteiger partial charge on any atom is 0.246 e. The van der Waals surface area contributed by atoms with Gasteiger partial charge in [-0.1, -0.05) is 17.7 Å². The first-order valence-corrected chi connectivity index (χ1v) is 8.05. The molecule has 0 aliphatic rings. The molecule has 0 fully saturated rings. The van der Waals surface area contributed by atoms with Crippen LogP contribution in [0.2, 0.25) is 5.02 Å². The van der Waals surface area contributed by atoms with Crippen LogP contribution in [0.15, 0.2) is 36.4 Å². The average Bonchev–Trinajstić information content (AvgIpc) is 2.54. The van der Waals surface area contributed by atoms with Gasteiger partial charge in [-0.2, -0.15) is 0 Å². The summed E-state index contributed by atoms with van der Waals surface area (Å²) in [4.78, 5) is 23.4. The van der Waals surface area contributed by atoms with Crippen LogP contribution in [0.5, 0.6) is 0 Å². The van der Waals surface area contributed by atoms with E-state index in [4.69, 9.17) is 11.6 Å². The molecule has 0 heterocycles. The zero-order valence-electron chi connectivity index (χ0n) is 14.1. The van der Waals surface area contributed by atoms with Crippen molar-refractivity contribution in [3.8, 4) is 0 Å². The van der Waals surface area contributed by atoms with E-state index in [1.54, 1.807) is 25.1 Å². The number of nitrogens with one attached hydrogen (secondary N) is 3. The number of anilines is 3. The summed E-state index contributed by atoms with van der Waals surface area (Å²) in [6.45, 7) is 4.79. The van der Waals surface area contributed by atoms with Crippen molar-refractivity contribution < 1.29 is 14.0 Å². The molecule has 0 spiro atoms. The Hall–Kier alpha value is -2.60. The van der Waals surface area contributed by atoms with Crippen LogP contribution in [0, 0.1) is 12.7 Å². The minimum Gasteiger partial charge on any atom is -0.374 e. The molecule has 2 aromatic rings. The summed E-state index contributed by atoms with van der Waals surface area (Å²) in [5.41, 5.74) is 1.97. The minimum absolute atomic E-state index is 0.0517. The highest BCUT2D eigenvalue weighted by atomic mass is 35.5. The molecule has 2 amide bonds. The first-order chi connectivity index (χ1) is 11.8. The van der Waals surface area contributed by atoms with Gasteiger partial charge in [-0.15, -0.1) is 0 Å². The first-order valence-electron chi connectivity index (χ1n) is 7.67. The Labute approximate surface area is 150 Å². The lowest BCUT2D eigenvalue weighted by Crippen LogP contribution is -2.32. The fraction of sp³-hybridized carbons (Fsp3) is 0.222. The number of halogens is 2. The van der Waals surface area contributed by atoms with Crippen molar-refractivity contribution in [2.24, 2.45) is 0 Å². The van der Waals surface area contributed by atoms with E-state index < -0.39 is 11.9 Å². The molecule has 2 aromatic carbocycles. The molecule has 132 valence electrons. The predicted molar refractivity (Wildman–Crippen MR) is 98.6 cm³/mol. The highest BCUT2D eigenvalue weighted by Crippen LogP contribution is 2.24. The number of amides is 2. The number of carbonyl (C=O) groups is 2. The molecular formula is C18H19ClFN3O2. The van der Waals surface area contributed by atoms with Gasteiger partial charge in [0.05, 0.1) is 5.69 Å². The van der Waals surface area contributed by atoms with Gasteiger partial charge in [0, 0.05) is 23.3 Å². The van der Waals surface area contributed by atoms with Gasteiger partial charge >= 0.3 is 0 Å².